The quantitative estimate of drug-likeness (QED) is 0.336. The smallest absolute Gasteiger partial charge is 0.263 e. The molecule has 0 aliphatic heterocycles. The van der Waals surface area contributed by atoms with E-state index in [1.807, 2.05) is 0 Å². The number of nitrogens with one attached hydrogen (secondary N) is 2. The minimum Gasteiger partial charge on any atom is -0.508 e. The Bertz CT molecular complexity index is 1560. The van der Waals surface area contributed by atoms with Gasteiger partial charge in [0.15, 0.2) is 11.6 Å². The zero-order valence-electron chi connectivity index (χ0n) is 18.1. The molecule has 1 aromatic heterocycles. The average molecular weight is 499 g/mol. The largest absolute Gasteiger partial charge is 0.508 e. The number of sulfone groups is 1. The number of hydrogen-bond acceptors (Lipinski definition) is 8. The Morgan fingerprint density at radius 1 is 0.824 bits per heavy atom. The van der Waals surface area contributed by atoms with Crippen molar-refractivity contribution in [1.82, 2.24) is 9.97 Å². The summed E-state index contributed by atoms with van der Waals surface area (Å²) >= 11 is 0. The van der Waals surface area contributed by atoms with Gasteiger partial charge in [0.1, 0.15) is 15.6 Å². The van der Waals surface area contributed by atoms with Gasteiger partial charge < -0.3 is 10.4 Å². The molecule has 34 heavy (non-hydrogen) atoms. The third-order valence-corrected chi connectivity index (χ3v) is 7.24. The van der Waals surface area contributed by atoms with Gasteiger partial charge in [-0.1, -0.05) is 36.4 Å². The predicted octanol–water partition coefficient (Wildman–Crippen LogP) is 3.47. The van der Waals surface area contributed by atoms with Gasteiger partial charge in [-0.15, -0.1) is 0 Å². The summed E-state index contributed by atoms with van der Waals surface area (Å²) in [6.07, 6.45) is 1.33. The summed E-state index contributed by atoms with van der Waals surface area (Å²) in [4.78, 5) is 9.03. The average Bonchev–Trinajstić information content (AvgIpc) is 2.79. The topological polar surface area (TPSA) is 138 Å². The van der Waals surface area contributed by atoms with Crippen LogP contribution in [0.1, 0.15) is 5.56 Å². The fourth-order valence-electron chi connectivity index (χ4n) is 3.27. The van der Waals surface area contributed by atoms with Crippen molar-refractivity contribution in [2.75, 3.05) is 22.0 Å². The molecule has 9 nitrogen and oxygen atoms in total. The number of rotatable bonds is 8. The third-order valence-electron chi connectivity index (χ3n) is 4.94. The zero-order valence-corrected chi connectivity index (χ0v) is 19.8. The molecule has 3 N–H and O–H groups in total. The number of fused-ring (bicyclic) bond motifs is 1. The van der Waals surface area contributed by atoms with Crippen LogP contribution in [0.5, 0.6) is 5.75 Å². The number of benzene rings is 3. The van der Waals surface area contributed by atoms with E-state index in [-0.39, 0.29) is 34.5 Å². The molecule has 11 heteroatoms. The standard InChI is InChI=1S/C23H22N4O5S2/c1-33(29,30)14-13-16-11-12-17(28)15-21(16)26-22-23(25-20-10-6-5-9-19(20)24-22)27-34(31,32)18-7-3-2-4-8-18/h2-12,15,28H,13-14H2,1H3,(H,24,26)(H,25,27). The maximum absolute atomic E-state index is 13.0. The molecule has 0 bridgehead atoms. The van der Waals surface area contributed by atoms with Crippen molar-refractivity contribution in [2.45, 2.75) is 11.3 Å². The second kappa shape index (κ2) is 9.27. The van der Waals surface area contributed by atoms with Gasteiger partial charge in [0.25, 0.3) is 10.0 Å². The highest BCUT2D eigenvalue weighted by molar-refractivity contribution is 7.92. The van der Waals surface area contributed by atoms with E-state index in [4.69, 9.17) is 0 Å². The number of anilines is 3. The lowest BCUT2D eigenvalue weighted by Crippen LogP contribution is -2.16. The molecule has 0 aliphatic rings. The molecule has 0 atom stereocenters. The van der Waals surface area contributed by atoms with Crippen LogP contribution in [0, 0.1) is 0 Å². The van der Waals surface area contributed by atoms with Gasteiger partial charge in [-0.3, -0.25) is 4.72 Å². The van der Waals surface area contributed by atoms with Gasteiger partial charge in [-0.05, 0) is 42.3 Å². The van der Waals surface area contributed by atoms with E-state index in [2.05, 4.69) is 20.0 Å². The molecule has 0 unspecified atom stereocenters. The molecule has 176 valence electrons. The number of hydrogen-bond donors (Lipinski definition) is 3. The minimum absolute atomic E-state index is 0.0417. The third kappa shape index (κ3) is 5.61. The van der Waals surface area contributed by atoms with Crippen molar-refractivity contribution < 1.29 is 21.9 Å². The number of phenolic OH excluding ortho intramolecular Hbond substituents is 1. The molecule has 0 aliphatic carbocycles. The lowest BCUT2D eigenvalue weighted by Gasteiger charge is -2.16. The van der Waals surface area contributed by atoms with E-state index in [1.54, 1.807) is 48.5 Å². The van der Waals surface area contributed by atoms with Crippen molar-refractivity contribution in [3.63, 3.8) is 0 Å². The Labute approximate surface area is 197 Å². The van der Waals surface area contributed by atoms with Gasteiger partial charge in [0.05, 0.1) is 21.7 Å². The van der Waals surface area contributed by atoms with Crippen LogP contribution in [0.3, 0.4) is 0 Å². The Hall–Kier alpha value is -3.70. The van der Waals surface area contributed by atoms with Gasteiger partial charge in [-0.2, -0.15) is 0 Å². The molecule has 0 amide bonds. The lowest BCUT2D eigenvalue weighted by molar-refractivity contribution is 0.475. The molecule has 0 saturated carbocycles. The molecule has 3 aromatic carbocycles. The van der Waals surface area contributed by atoms with Crippen LogP contribution < -0.4 is 10.0 Å². The van der Waals surface area contributed by atoms with E-state index < -0.39 is 19.9 Å². The van der Waals surface area contributed by atoms with E-state index in [9.17, 15) is 21.9 Å². The van der Waals surface area contributed by atoms with Gasteiger partial charge in [0.2, 0.25) is 0 Å². The number of nitrogens with zero attached hydrogens (tertiary/aromatic N) is 2. The number of aromatic nitrogens is 2. The Morgan fingerprint density at radius 3 is 2.09 bits per heavy atom. The molecule has 0 fully saturated rings. The summed E-state index contributed by atoms with van der Waals surface area (Å²) in [6.45, 7) is 0. The van der Waals surface area contributed by atoms with Crippen LogP contribution in [-0.2, 0) is 26.3 Å². The van der Waals surface area contributed by atoms with Crippen LogP contribution in [0.4, 0.5) is 17.3 Å². The first-order chi connectivity index (χ1) is 16.1. The molecule has 0 spiro atoms. The van der Waals surface area contributed by atoms with E-state index in [0.29, 0.717) is 22.3 Å². The van der Waals surface area contributed by atoms with Gasteiger partial charge in [0, 0.05) is 18.0 Å². The number of phenols is 1. The fourth-order valence-corrected chi connectivity index (χ4v) is 4.89. The van der Waals surface area contributed by atoms with Crippen LogP contribution in [0.15, 0.2) is 77.7 Å². The van der Waals surface area contributed by atoms with Gasteiger partial charge >= 0.3 is 0 Å². The normalized spacial score (nSPS) is 11.9. The molecule has 1 heterocycles. The minimum atomic E-state index is -3.97. The summed E-state index contributed by atoms with van der Waals surface area (Å²) < 4.78 is 51.7. The van der Waals surface area contributed by atoms with E-state index in [1.165, 1.54) is 24.3 Å². The second-order valence-corrected chi connectivity index (χ2v) is 11.6. The summed E-state index contributed by atoms with van der Waals surface area (Å²) in [7, 11) is -7.19. The highest BCUT2D eigenvalue weighted by atomic mass is 32.2. The summed E-state index contributed by atoms with van der Waals surface area (Å²) in [5, 5.41) is 13.0. The molecule has 0 radical (unpaired) electrons. The maximum atomic E-state index is 13.0. The Balaban J connectivity index is 1.78. The number of sulfonamides is 1. The molecular weight excluding hydrogens is 476 g/mol. The van der Waals surface area contributed by atoms with E-state index in [0.717, 1.165) is 6.26 Å². The van der Waals surface area contributed by atoms with Gasteiger partial charge in [-0.25, -0.2) is 26.8 Å². The maximum Gasteiger partial charge on any atom is 0.263 e. The number of aryl methyl sites for hydroxylation is 1. The first kappa shape index (κ1) is 23.5. The summed E-state index contributed by atoms with van der Waals surface area (Å²) in [5.41, 5.74) is 1.99. The molecule has 4 rings (SSSR count). The SMILES string of the molecule is CS(=O)(=O)CCc1ccc(O)cc1Nc1nc2ccccc2nc1NS(=O)(=O)c1ccccc1. The van der Waals surface area contributed by atoms with Crippen molar-refractivity contribution >= 4 is 48.2 Å². The fraction of sp³-hybridized carbons (Fsp3) is 0.130. The second-order valence-electron chi connectivity index (χ2n) is 7.67. The Kier molecular flexibility index (Phi) is 6.40. The zero-order chi connectivity index (χ0) is 24.3. The van der Waals surface area contributed by atoms with Crippen molar-refractivity contribution in [3.8, 4) is 5.75 Å². The van der Waals surface area contributed by atoms with E-state index >= 15 is 0 Å². The highest BCUT2D eigenvalue weighted by Gasteiger charge is 2.20. The lowest BCUT2D eigenvalue weighted by atomic mass is 10.1. The van der Waals surface area contributed by atoms with Crippen LogP contribution >= 0.6 is 0 Å². The summed E-state index contributed by atoms with van der Waals surface area (Å²) in [6, 6.07) is 19.3. The van der Waals surface area contributed by atoms with Crippen molar-refractivity contribution in [1.29, 1.82) is 0 Å². The molecule has 4 aromatic rings. The molecule has 0 saturated heterocycles. The summed E-state index contributed by atoms with van der Waals surface area (Å²) in [5.74, 6) is -0.0845. The van der Waals surface area contributed by atoms with Crippen LogP contribution in [0.2, 0.25) is 0 Å². The number of aromatic hydroxyl groups is 1. The predicted molar refractivity (Wildman–Crippen MR) is 132 cm³/mol. The first-order valence-corrected chi connectivity index (χ1v) is 13.8. The Morgan fingerprint density at radius 2 is 1.44 bits per heavy atom. The molecular formula is C23H22N4O5S2. The number of para-hydroxylation sites is 2. The van der Waals surface area contributed by atoms with Crippen molar-refractivity contribution in [2.24, 2.45) is 0 Å². The first-order valence-electron chi connectivity index (χ1n) is 10.2. The van der Waals surface area contributed by atoms with Crippen molar-refractivity contribution in [3.05, 3.63) is 78.4 Å². The monoisotopic (exact) mass is 498 g/mol. The highest BCUT2D eigenvalue weighted by Crippen LogP contribution is 2.30. The van der Waals surface area contributed by atoms with Crippen LogP contribution in [-0.4, -0.2) is 43.9 Å². The van der Waals surface area contributed by atoms with Crippen LogP contribution in [0.25, 0.3) is 11.0 Å².